The minimum atomic E-state index is 0.277. The van der Waals surface area contributed by atoms with Gasteiger partial charge in [0.1, 0.15) is 0 Å². The molecule has 0 radical (unpaired) electrons. The predicted octanol–water partition coefficient (Wildman–Crippen LogP) is 5.95. The van der Waals surface area contributed by atoms with Crippen molar-refractivity contribution in [1.82, 2.24) is 4.90 Å². The summed E-state index contributed by atoms with van der Waals surface area (Å²) in [5, 5.41) is 5.21. The van der Waals surface area contributed by atoms with Crippen LogP contribution in [0.4, 0.5) is 0 Å². The highest BCUT2D eigenvalue weighted by Crippen LogP contribution is 2.33. The molecule has 126 valence electrons. The number of nitrogens with zero attached hydrogens (tertiary/aromatic N) is 1. The summed E-state index contributed by atoms with van der Waals surface area (Å²) in [6.45, 7) is 2.01. The third-order valence-corrected chi connectivity index (χ3v) is 5.39. The Kier molecular flexibility index (Phi) is 3.80. The normalized spacial score (nSPS) is 14.7. The van der Waals surface area contributed by atoms with Crippen molar-refractivity contribution in [3.63, 3.8) is 0 Å². The van der Waals surface area contributed by atoms with E-state index in [0.717, 1.165) is 13.1 Å². The zero-order valence-corrected chi connectivity index (χ0v) is 14.7. The number of hydrogen-bond acceptors (Lipinski definition) is 1. The van der Waals surface area contributed by atoms with E-state index in [0.29, 0.717) is 0 Å². The highest BCUT2D eigenvalue weighted by Gasteiger charge is 2.23. The van der Waals surface area contributed by atoms with E-state index in [2.05, 4.69) is 102 Å². The average Bonchev–Trinajstić information content (AvgIpc) is 3.22. The molecule has 0 unspecified atom stereocenters. The third-order valence-electron chi connectivity index (χ3n) is 5.39. The molecule has 0 aliphatic carbocycles. The Hall–Kier alpha value is -2.90. The van der Waals surface area contributed by atoms with Gasteiger partial charge in [0.2, 0.25) is 0 Å². The van der Waals surface area contributed by atoms with E-state index >= 15 is 0 Å². The summed E-state index contributed by atoms with van der Waals surface area (Å²) in [5.41, 5.74) is 2.73. The second-order valence-corrected chi connectivity index (χ2v) is 7.04. The van der Waals surface area contributed by atoms with Gasteiger partial charge in [-0.3, -0.25) is 4.90 Å². The molecule has 0 bridgehead atoms. The van der Waals surface area contributed by atoms with Gasteiger partial charge in [-0.2, -0.15) is 0 Å². The van der Waals surface area contributed by atoms with E-state index in [1.54, 1.807) is 0 Å². The molecule has 0 amide bonds. The first-order valence-electron chi connectivity index (χ1n) is 9.25. The van der Waals surface area contributed by atoms with E-state index < -0.39 is 0 Å². The first-order valence-corrected chi connectivity index (χ1v) is 9.25. The second kappa shape index (κ2) is 6.44. The maximum Gasteiger partial charge on any atom is 0.0607 e. The van der Waals surface area contributed by atoms with Crippen molar-refractivity contribution in [3.05, 3.63) is 108 Å². The van der Waals surface area contributed by atoms with Crippen molar-refractivity contribution in [2.45, 2.75) is 6.04 Å². The summed E-state index contributed by atoms with van der Waals surface area (Å²) in [6, 6.07) is 31.3. The molecule has 26 heavy (non-hydrogen) atoms. The van der Waals surface area contributed by atoms with Gasteiger partial charge in [0.15, 0.2) is 0 Å². The fourth-order valence-corrected chi connectivity index (χ4v) is 4.08. The molecule has 5 rings (SSSR count). The molecule has 0 spiro atoms. The number of rotatable bonds is 3. The van der Waals surface area contributed by atoms with Crippen LogP contribution in [0.25, 0.3) is 21.5 Å². The maximum absolute atomic E-state index is 2.54. The molecule has 0 saturated carbocycles. The van der Waals surface area contributed by atoms with Crippen LogP contribution in [-0.4, -0.2) is 18.0 Å². The maximum atomic E-state index is 2.54. The van der Waals surface area contributed by atoms with Gasteiger partial charge in [-0.15, -0.1) is 0 Å². The second-order valence-electron chi connectivity index (χ2n) is 7.04. The first kappa shape index (κ1) is 15.4. The topological polar surface area (TPSA) is 3.24 Å². The van der Waals surface area contributed by atoms with Gasteiger partial charge in [0.05, 0.1) is 6.04 Å². The van der Waals surface area contributed by atoms with Gasteiger partial charge in [-0.25, -0.2) is 0 Å². The minimum absolute atomic E-state index is 0.277. The van der Waals surface area contributed by atoms with E-state index in [-0.39, 0.29) is 6.04 Å². The van der Waals surface area contributed by atoms with Crippen LogP contribution in [0.1, 0.15) is 17.2 Å². The van der Waals surface area contributed by atoms with E-state index in [1.807, 2.05) is 0 Å². The molecule has 0 saturated heterocycles. The molecule has 1 heterocycles. The fraction of sp³-hybridized carbons (Fsp3) is 0.120. The summed E-state index contributed by atoms with van der Waals surface area (Å²) < 4.78 is 0. The SMILES string of the molecule is C1=CCN(C(c2ccc3ccccc3c2)c2ccc3ccccc3c2)C1. The molecule has 0 N–H and O–H groups in total. The van der Waals surface area contributed by atoms with Gasteiger partial charge >= 0.3 is 0 Å². The lowest BCUT2D eigenvalue weighted by atomic mass is 9.93. The van der Waals surface area contributed by atoms with E-state index in [4.69, 9.17) is 0 Å². The molecule has 0 atom stereocenters. The predicted molar refractivity (Wildman–Crippen MR) is 110 cm³/mol. The molecule has 1 aliphatic rings. The Balaban J connectivity index is 1.65. The van der Waals surface area contributed by atoms with Crippen LogP contribution >= 0.6 is 0 Å². The van der Waals surface area contributed by atoms with Crippen LogP contribution in [0.2, 0.25) is 0 Å². The summed E-state index contributed by atoms with van der Waals surface area (Å²) in [5.74, 6) is 0. The molecular formula is C25H21N. The smallest absolute Gasteiger partial charge is 0.0607 e. The molecule has 0 fully saturated rings. The number of fused-ring (bicyclic) bond motifs is 2. The fourth-order valence-electron chi connectivity index (χ4n) is 4.08. The molecule has 1 nitrogen and oxygen atoms in total. The lowest BCUT2D eigenvalue weighted by Crippen LogP contribution is -2.27. The van der Waals surface area contributed by atoms with Crippen LogP contribution in [0.3, 0.4) is 0 Å². The minimum Gasteiger partial charge on any atom is -0.285 e. The van der Waals surface area contributed by atoms with Crippen molar-refractivity contribution < 1.29 is 0 Å². The van der Waals surface area contributed by atoms with Crippen molar-refractivity contribution >= 4 is 21.5 Å². The summed E-state index contributed by atoms with van der Waals surface area (Å²) >= 11 is 0. The van der Waals surface area contributed by atoms with Crippen LogP contribution in [0, 0.1) is 0 Å². The van der Waals surface area contributed by atoms with Crippen molar-refractivity contribution in [2.75, 3.05) is 13.1 Å². The third kappa shape index (κ3) is 2.71. The van der Waals surface area contributed by atoms with Crippen LogP contribution in [-0.2, 0) is 0 Å². The van der Waals surface area contributed by atoms with Crippen LogP contribution < -0.4 is 0 Å². The van der Waals surface area contributed by atoms with Gasteiger partial charge in [-0.05, 0) is 44.8 Å². The zero-order chi connectivity index (χ0) is 17.3. The molecule has 0 aromatic heterocycles. The Labute approximate surface area is 154 Å². The summed E-state index contributed by atoms with van der Waals surface area (Å²) in [4.78, 5) is 2.54. The van der Waals surface area contributed by atoms with E-state index in [1.165, 1.54) is 32.7 Å². The Bertz CT molecular complexity index is 1020. The number of benzene rings is 4. The van der Waals surface area contributed by atoms with Crippen LogP contribution in [0.5, 0.6) is 0 Å². The summed E-state index contributed by atoms with van der Waals surface area (Å²) in [7, 11) is 0. The highest BCUT2D eigenvalue weighted by molar-refractivity contribution is 5.84. The highest BCUT2D eigenvalue weighted by atomic mass is 15.2. The Morgan fingerprint density at radius 3 is 1.50 bits per heavy atom. The molecular weight excluding hydrogens is 314 g/mol. The molecule has 4 aromatic rings. The van der Waals surface area contributed by atoms with Crippen molar-refractivity contribution in [2.24, 2.45) is 0 Å². The van der Waals surface area contributed by atoms with Crippen LogP contribution in [0.15, 0.2) is 97.1 Å². The van der Waals surface area contributed by atoms with Gasteiger partial charge in [0, 0.05) is 13.1 Å². The first-order chi connectivity index (χ1) is 12.9. The quantitative estimate of drug-likeness (QED) is 0.418. The van der Waals surface area contributed by atoms with Crippen molar-refractivity contribution in [1.29, 1.82) is 0 Å². The lowest BCUT2D eigenvalue weighted by molar-refractivity contribution is 0.293. The summed E-state index contributed by atoms with van der Waals surface area (Å²) in [6.07, 6.45) is 4.55. The molecule has 1 aliphatic heterocycles. The Morgan fingerprint density at radius 1 is 0.538 bits per heavy atom. The largest absolute Gasteiger partial charge is 0.285 e. The van der Waals surface area contributed by atoms with Gasteiger partial charge in [-0.1, -0.05) is 84.9 Å². The van der Waals surface area contributed by atoms with E-state index in [9.17, 15) is 0 Å². The van der Waals surface area contributed by atoms with Gasteiger partial charge in [0.25, 0.3) is 0 Å². The monoisotopic (exact) mass is 335 g/mol. The lowest BCUT2D eigenvalue weighted by Gasteiger charge is -2.29. The zero-order valence-electron chi connectivity index (χ0n) is 14.7. The molecule has 1 heteroatoms. The van der Waals surface area contributed by atoms with Gasteiger partial charge < -0.3 is 0 Å². The van der Waals surface area contributed by atoms with Crippen molar-refractivity contribution in [3.8, 4) is 0 Å². The standard InChI is InChI=1S/C25H21N/c1-3-9-21-17-23(13-11-19(21)7-1)25(26-15-5-6-16-26)24-14-12-20-8-2-4-10-22(20)18-24/h1-14,17-18,25H,15-16H2. The number of hydrogen-bond donors (Lipinski definition) is 0. The average molecular weight is 335 g/mol. The Morgan fingerprint density at radius 2 is 1.00 bits per heavy atom. The molecule has 4 aromatic carbocycles.